The summed E-state index contributed by atoms with van der Waals surface area (Å²) in [5.41, 5.74) is 0. The second-order valence-electron chi connectivity index (χ2n) is 4.96. The molecule has 0 aromatic rings. The third kappa shape index (κ3) is 7.62. The van der Waals surface area contributed by atoms with E-state index in [1.165, 1.54) is 0 Å². The van der Waals surface area contributed by atoms with Gasteiger partial charge in [0, 0.05) is 23.5 Å². The van der Waals surface area contributed by atoms with E-state index in [-0.39, 0.29) is 24.1 Å². The first-order valence-electron chi connectivity index (χ1n) is 7.16. The summed E-state index contributed by atoms with van der Waals surface area (Å²) < 4.78 is 10.8. The highest BCUT2D eigenvalue weighted by Gasteiger charge is 2.25. The van der Waals surface area contributed by atoms with E-state index in [0.717, 1.165) is 49.2 Å². The van der Waals surface area contributed by atoms with Crippen LogP contribution in [0.25, 0.3) is 0 Å². The lowest BCUT2D eigenvalue weighted by Crippen LogP contribution is -2.29. The lowest BCUT2D eigenvalue weighted by molar-refractivity contribution is -0.158. The van der Waals surface area contributed by atoms with Gasteiger partial charge in [-0.2, -0.15) is 0 Å². The molecule has 0 aromatic heterocycles. The predicted molar refractivity (Wildman–Crippen MR) is 84.3 cm³/mol. The lowest BCUT2D eigenvalue weighted by atomic mass is 9.95. The Balaban J connectivity index is 2.16. The van der Waals surface area contributed by atoms with E-state index in [4.69, 9.17) is 9.47 Å². The molecule has 1 saturated carbocycles. The largest absolute Gasteiger partial charge is 0.462 e. The third-order valence-electron chi connectivity index (χ3n) is 3.25. The molecule has 1 aliphatic rings. The molecule has 0 aliphatic heterocycles. The van der Waals surface area contributed by atoms with Crippen LogP contribution in [-0.2, 0) is 19.1 Å². The molecule has 6 heteroatoms. The minimum atomic E-state index is -0.123. The summed E-state index contributed by atoms with van der Waals surface area (Å²) >= 11 is 6.58. The van der Waals surface area contributed by atoms with Crippen LogP contribution in [0, 0.1) is 0 Å². The first-order chi connectivity index (χ1) is 9.65. The summed E-state index contributed by atoms with van der Waals surface area (Å²) in [6, 6.07) is 0. The van der Waals surface area contributed by atoms with Crippen LogP contribution in [0.2, 0.25) is 0 Å². The van der Waals surface area contributed by atoms with Crippen molar-refractivity contribution in [2.75, 3.05) is 10.7 Å². The van der Waals surface area contributed by atoms with Gasteiger partial charge in [-0.25, -0.2) is 0 Å². The molecule has 0 aromatic carbocycles. The van der Waals surface area contributed by atoms with Crippen molar-refractivity contribution in [3.63, 3.8) is 0 Å². The molecule has 0 amide bonds. The number of carbonyl (C=O) groups excluding carboxylic acids is 2. The van der Waals surface area contributed by atoms with Gasteiger partial charge in [0.2, 0.25) is 0 Å². The normalized spacial score (nSPS) is 22.3. The zero-order valence-corrected chi connectivity index (χ0v) is 14.8. The van der Waals surface area contributed by atoms with Gasteiger partial charge in [0.15, 0.2) is 0 Å². The van der Waals surface area contributed by atoms with Crippen LogP contribution in [0.15, 0.2) is 0 Å². The van der Waals surface area contributed by atoms with E-state index in [0.29, 0.717) is 12.8 Å². The zero-order valence-electron chi connectivity index (χ0n) is 11.6. The number of carbonyl (C=O) groups is 2. The molecule has 20 heavy (non-hydrogen) atoms. The molecule has 0 spiro atoms. The molecule has 0 unspecified atom stereocenters. The van der Waals surface area contributed by atoms with Crippen LogP contribution >= 0.6 is 31.9 Å². The van der Waals surface area contributed by atoms with Gasteiger partial charge in [0.1, 0.15) is 12.2 Å². The number of ether oxygens (including phenoxy) is 2. The van der Waals surface area contributed by atoms with Crippen LogP contribution < -0.4 is 0 Å². The molecule has 0 N–H and O–H groups in total. The molecule has 116 valence electrons. The summed E-state index contributed by atoms with van der Waals surface area (Å²) in [7, 11) is 0. The molecular formula is C14H22Br2O4. The quantitative estimate of drug-likeness (QED) is 0.449. The summed E-state index contributed by atoms with van der Waals surface area (Å²) in [5.74, 6) is -0.246. The number of hydrogen-bond acceptors (Lipinski definition) is 4. The highest BCUT2D eigenvalue weighted by molar-refractivity contribution is 9.09. The van der Waals surface area contributed by atoms with Gasteiger partial charge in [0.25, 0.3) is 0 Å². The topological polar surface area (TPSA) is 52.6 Å². The maximum Gasteiger partial charge on any atom is 0.306 e. The predicted octanol–water partition coefficient (Wildman–Crippen LogP) is 3.73. The van der Waals surface area contributed by atoms with Gasteiger partial charge in [-0.3, -0.25) is 9.59 Å². The third-order valence-corrected chi connectivity index (χ3v) is 4.37. The smallest absolute Gasteiger partial charge is 0.306 e. The minimum absolute atomic E-state index is 0.00433. The molecule has 4 nitrogen and oxygen atoms in total. The highest BCUT2D eigenvalue weighted by atomic mass is 79.9. The fraction of sp³-hybridized carbons (Fsp3) is 0.857. The molecule has 1 aliphatic carbocycles. The average Bonchev–Trinajstić information content (AvgIpc) is 2.45. The Morgan fingerprint density at radius 3 is 1.45 bits per heavy atom. The van der Waals surface area contributed by atoms with Crippen molar-refractivity contribution in [3.05, 3.63) is 0 Å². The monoisotopic (exact) mass is 412 g/mol. The molecule has 0 atom stereocenters. The Morgan fingerprint density at radius 2 is 1.15 bits per heavy atom. The minimum Gasteiger partial charge on any atom is -0.462 e. The SMILES string of the molecule is O=C(CCCBr)OC1CCC(OC(=O)CCCBr)CC1. The molecule has 1 fully saturated rings. The van der Waals surface area contributed by atoms with Crippen molar-refractivity contribution < 1.29 is 19.1 Å². The first kappa shape index (κ1) is 18.0. The fourth-order valence-corrected chi connectivity index (χ4v) is 2.74. The molecule has 0 saturated heterocycles. The van der Waals surface area contributed by atoms with Crippen molar-refractivity contribution in [3.8, 4) is 0 Å². The second kappa shape index (κ2) is 10.6. The number of hydrogen-bond donors (Lipinski definition) is 0. The summed E-state index contributed by atoms with van der Waals surface area (Å²) in [4.78, 5) is 23.0. The first-order valence-corrected chi connectivity index (χ1v) is 9.41. The Bertz CT molecular complexity index is 272. The van der Waals surface area contributed by atoms with Crippen molar-refractivity contribution in [1.82, 2.24) is 0 Å². The van der Waals surface area contributed by atoms with E-state index in [2.05, 4.69) is 31.9 Å². The Labute approximate surface area is 137 Å². The van der Waals surface area contributed by atoms with E-state index < -0.39 is 0 Å². The zero-order chi connectivity index (χ0) is 14.8. The van der Waals surface area contributed by atoms with Crippen molar-refractivity contribution in [2.24, 2.45) is 0 Å². The molecule has 0 radical (unpaired) electrons. The highest BCUT2D eigenvalue weighted by Crippen LogP contribution is 2.24. The number of esters is 2. The standard InChI is InChI=1S/C14H22Br2O4/c15-9-1-3-13(17)19-11-5-7-12(8-6-11)20-14(18)4-2-10-16/h11-12H,1-10H2. The Hall–Kier alpha value is -0.100. The van der Waals surface area contributed by atoms with Crippen molar-refractivity contribution in [1.29, 1.82) is 0 Å². The Kier molecular flexibility index (Phi) is 9.52. The van der Waals surface area contributed by atoms with E-state index in [9.17, 15) is 9.59 Å². The van der Waals surface area contributed by atoms with Crippen LogP contribution in [0.1, 0.15) is 51.4 Å². The number of alkyl halides is 2. The van der Waals surface area contributed by atoms with Crippen molar-refractivity contribution >= 4 is 43.8 Å². The van der Waals surface area contributed by atoms with Crippen LogP contribution in [0.3, 0.4) is 0 Å². The molecule has 0 heterocycles. The van der Waals surface area contributed by atoms with E-state index >= 15 is 0 Å². The summed E-state index contributed by atoms with van der Waals surface area (Å²) in [6.45, 7) is 0. The number of rotatable bonds is 8. The molecule has 1 rings (SSSR count). The van der Waals surface area contributed by atoms with Gasteiger partial charge < -0.3 is 9.47 Å². The fourth-order valence-electron chi connectivity index (χ4n) is 2.18. The maximum atomic E-state index is 11.5. The van der Waals surface area contributed by atoms with Crippen molar-refractivity contribution in [2.45, 2.75) is 63.6 Å². The second-order valence-corrected chi connectivity index (χ2v) is 6.55. The van der Waals surface area contributed by atoms with Gasteiger partial charge in [-0.05, 0) is 38.5 Å². The Morgan fingerprint density at radius 1 is 0.800 bits per heavy atom. The maximum absolute atomic E-state index is 11.5. The van der Waals surface area contributed by atoms with Crippen LogP contribution in [-0.4, -0.2) is 34.8 Å². The van der Waals surface area contributed by atoms with Crippen LogP contribution in [0.4, 0.5) is 0 Å². The number of halogens is 2. The molecular weight excluding hydrogens is 392 g/mol. The average molecular weight is 414 g/mol. The van der Waals surface area contributed by atoms with Gasteiger partial charge in [-0.1, -0.05) is 31.9 Å². The van der Waals surface area contributed by atoms with E-state index in [1.807, 2.05) is 0 Å². The lowest BCUT2D eigenvalue weighted by Gasteiger charge is -2.28. The molecule has 0 bridgehead atoms. The van der Waals surface area contributed by atoms with Crippen LogP contribution in [0.5, 0.6) is 0 Å². The summed E-state index contributed by atoms with van der Waals surface area (Å²) in [6.07, 6.45) is 5.68. The van der Waals surface area contributed by atoms with E-state index in [1.54, 1.807) is 0 Å². The summed E-state index contributed by atoms with van der Waals surface area (Å²) in [5, 5.41) is 1.64. The van der Waals surface area contributed by atoms with Gasteiger partial charge in [0.05, 0.1) is 0 Å². The van der Waals surface area contributed by atoms with Gasteiger partial charge >= 0.3 is 11.9 Å². The van der Waals surface area contributed by atoms with Gasteiger partial charge in [-0.15, -0.1) is 0 Å².